The molecule has 2 nitrogen and oxygen atoms in total. The molecule has 23 heavy (non-hydrogen) atoms. The molecule has 1 aromatic rings. The summed E-state index contributed by atoms with van der Waals surface area (Å²) in [5, 5.41) is 1.41. The van der Waals surface area contributed by atoms with Gasteiger partial charge in [-0.05, 0) is 78.4 Å². The average molecular weight is 434 g/mol. The first-order valence-corrected chi connectivity index (χ1v) is 19.5. The molecule has 0 heterocycles. The third-order valence-corrected chi connectivity index (χ3v) is 7.71. The van der Waals surface area contributed by atoms with Gasteiger partial charge in [-0.2, -0.15) is 0 Å². The highest BCUT2D eigenvalue weighted by Gasteiger charge is 2.27. The van der Waals surface area contributed by atoms with Crippen LogP contribution in [0.3, 0.4) is 0 Å². The molecule has 0 aliphatic rings. The molecule has 0 N–H and O–H groups in total. The molecule has 1 aromatic carbocycles. The van der Waals surface area contributed by atoms with Crippen molar-refractivity contribution in [3.63, 3.8) is 0 Å². The number of benzene rings is 1. The van der Waals surface area contributed by atoms with Crippen molar-refractivity contribution in [2.45, 2.75) is 65.3 Å². The van der Waals surface area contributed by atoms with Crippen LogP contribution in [-0.4, -0.2) is 31.3 Å². The molecule has 0 spiro atoms. The van der Waals surface area contributed by atoms with Crippen molar-refractivity contribution < 1.29 is 8.85 Å². The molecule has 132 valence electrons. The van der Waals surface area contributed by atoms with Crippen molar-refractivity contribution in [1.29, 1.82) is 0 Å². The number of hydrogen-bond donors (Lipinski definition) is 0. The van der Waals surface area contributed by atoms with Crippen LogP contribution < -0.4 is 9.61 Å². The Hall–Kier alpha value is 0.111. The lowest BCUT2D eigenvalue weighted by Crippen LogP contribution is -2.42. The van der Waals surface area contributed by atoms with Gasteiger partial charge in [-0.1, -0.05) is 25.7 Å². The Labute approximate surface area is 154 Å². The normalized spacial score (nSPS) is 13.3. The molecule has 0 aliphatic carbocycles. The Balaban J connectivity index is 3.12. The zero-order valence-electron chi connectivity index (χ0n) is 16.3. The first-order chi connectivity index (χ1) is 10.2. The smallest absolute Gasteiger partial charge is 0.242 e. The maximum Gasteiger partial charge on any atom is 0.242 e. The third kappa shape index (κ3) is 7.69. The molecule has 0 unspecified atom stereocenters. The quantitative estimate of drug-likeness (QED) is 0.521. The highest BCUT2D eigenvalue weighted by molar-refractivity contribution is 9.10. The lowest BCUT2D eigenvalue weighted by atomic mass is 10.1. The summed E-state index contributed by atoms with van der Waals surface area (Å²) in [5.74, 6) is 1.08. The van der Waals surface area contributed by atoms with Crippen molar-refractivity contribution >= 4 is 45.8 Å². The number of rotatable bonds is 7. The Morgan fingerprint density at radius 3 is 1.87 bits per heavy atom. The summed E-state index contributed by atoms with van der Waals surface area (Å²) < 4.78 is 13.5. The van der Waals surface area contributed by atoms with Crippen LogP contribution in [0.25, 0.3) is 0 Å². The minimum absolute atomic E-state index is 0.807. The zero-order valence-corrected chi connectivity index (χ0v) is 20.8. The summed E-state index contributed by atoms with van der Waals surface area (Å²) in [6, 6.07) is 4.58. The average Bonchev–Trinajstić information content (AvgIpc) is 2.27. The van der Waals surface area contributed by atoms with E-state index in [1.54, 1.807) is 0 Å². The van der Waals surface area contributed by atoms with E-state index in [0.29, 0.717) is 0 Å². The molecule has 0 fully saturated rings. The van der Waals surface area contributed by atoms with Gasteiger partial charge in [0.15, 0.2) is 8.32 Å². The predicted molar refractivity (Wildman–Crippen MR) is 114 cm³/mol. The molecule has 0 amide bonds. The first-order valence-electron chi connectivity index (χ1n) is 8.35. The monoisotopic (exact) mass is 432 g/mol. The fraction of sp³-hybridized carbons (Fsp3) is 0.647. The number of hydrogen-bond acceptors (Lipinski definition) is 2. The highest BCUT2D eigenvalue weighted by Crippen LogP contribution is 2.29. The first kappa shape index (κ1) is 21.2. The summed E-state index contributed by atoms with van der Waals surface area (Å²) in [6.45, 7) is 21.4. The number of halogens is 1. The lowest BCUT2D eigenvalue weighted by molar-refractivity contribution is 0.316. The molecule has 0 radical (unpaired) electrons. The van der Waals surface area contributed by atoms with Gasteiger partial charge >= 0.3 is 0 Å². The largest absolute Gasteiger partial charge is 0.544 e. The Morgan fingerprint density at radius 1 is 0.870 bits per heavy atom. The van der Waals surface area contributed by atoms with E-state index in [0.717, 1.165) is 23.2 Å². The van der Waals surface area contributed by atoms with Crippen molar-refractivity contribution in [3.05, 3.63) is 22.2 Å². The summed E-state index contributed by atoms with van der Waals surface area (Å²) in [7, 11) is -4.56. The van der Waals surface area contributed by atoms with E-state index in [1.165, 1.54) is 10.8 Å². The molecule has 0 saturated carbocycles. The second kappa shape index (κ2) is 7.56. The predicted octanol–water partition coefficient (Wildman–Crippen LogP) is 5.60. The Morgan fingerprint density at radius 2 is 1.43 bits per heavy atom. The van der Waals surface area contributed by atoms with Gasteiger partial charge in [-0.3, -0.25) is 0 Å². The van der Waals surface area contributed by atoms with Crippen LogP contribution in [0.1, 0.15) is 5.56 Å². The highest BCUT2D eigenvalue weighted by atomic mass is 79.9. The van der Waals surface area contributed by atoms with E-state index in [2.05, 4.69) is 87.0 Å². The summed E-state index contributed by atoms with van der Waals surface area (Å²) in [4.78, 5) is 0. The lowest BCUT2D eigenvalue weighted by Gasteiger charge is -2.28. The van der Waals surface area contributed by atoms with Gasteiger partial charge in [0.25, 0.3) is 0 Å². The second-order valence-corrected chi connectivity index (χ2v) is 24.0. The summed E-state index contributed by atoms with van der Waals surface area (Å²) >= 11 is 3.76. The fourth-order valence-corrected chi connectivity index (χ4v) is 6.29. The Kier molecular flexibility index (Phi) is 6.95. The van der Waals surface area contributed by atoms with E-state index >= 15 is 0 Å². The van der Waals surface area contributed by atoms with Gasteiger partial charge in [0.2, 0.25) is 8.32 Å². The molecular formula is C17H33BrO2Si3. The van der Waals surface area contributed by atoms with Crippen LogP contribution in [0.2, 0.25) is 58.9 Å². The third-order valence-electron chi connectivity index (χ3n) is 3.25. The standard InChI is InChI=1S/C17H33BrO2Si3/c1-21(2,3)16-13-14(10-11-19-22(4,5)6)12-15(18)17(16)20-23(7,8)9/h12-13H,10-11H2,1-9H3. The van der Waals surface area contributed by atoms with Crippen molar-refractivity contribution in [3.8, 4) is 5.75 Å². The molecule has 0 saturated heterocycles. The van der Waals surface area contributed by atoms with Crippen LogP contribution in [-0.2, 0) is 10.8 Å². The molecule has 0 aromatic heterocycles. The fourth-order valence-electron chi connectivity index (χ4n) is 2.24. The van der Waals surface area contributed by atoms with E-state index in [9.17, 15) is 0 Å². The second-order valence-electron chi connectivity index (χ2n) is 9.13. The van der Waals surface area contributed by atoms with Gasteiger partial charge in [0.1, 0.15) is 5.75 Å². The molecule has 1 rings (SSSR count). The summed E-state index contributed by atoms with van der Waals surface area (Å²) in [6.07, 6.45) is 0.966. The van der Waals surface area contributed by atoms with Crippen LogP contribution in [0.4, 0.5) is 0 Å². The van der Waals surface area contributed by atoms with E-state index < -0.39 is 24.7 Å². The van der Waals surface area contributed by atoms with E-state index in [1.807, 2.05) is 0 Å². The minimum atomic E-state index is -1.63. The van der Waals surface area contributed by atoms with Crippen LogP contribution in [0.5, 0.6) is 5.75 Å². The van der Waals surface area contributed by atoms with Crippen LogP contribution in [0, 0.1) is 0 Å². The maximum absolute atomic E-state index is 6.41. The van der Waals surface area contributed by atoms with Gasteiger partial charge in [0.05, 0.1) is 12.5 Å². The van der Waals surface area contributed by atoms with Gasteiger partial charge in [-0.15, -0.1) is 0 Å². The summed E-state index contributed by atoms with van der Waals surface area (Å²) in [5.41, 5.74) is 1.34. The van der Waals surface area contributed by atoms with E-state index in [4.69, 9.17) is 8.85 Å². The van der Waals surface area contributed by atoms with E-state index in [-0.39, 0.29) is 0 Å². The SMILES string of the molecule is C[Si](C)(C)OCCc1cc(Br)c(O[Si](C)(C)C)c([Si](C)(C)C)c1. The van der Waals surface area contributed by atoms with Gasteiger partial charge in [-0.25, -0.2) is 0 Å². The maximum atomic E-state index is 6.41. The molecule has 0 bridgehead atoms. The van der Waals surface area contributed by atoms with Gasteiger partial charge in [0, 0.05) is 6.61 Å². The van der Waals surface area contributed by atoms with Gasteiger partial charge < -0.3 is 8.85 Å². The Bertz CT molecular complexity index is 540. The molecule has 0 atom stereocenters. The van der Waals surface area contributed by atoms with Crippen LogP contribution in [0.15, 0.2) is 16.6 Å². The molecule has 0 aliphatic heterocycles. The molecular weight excluding hydrogens is 400 g/mol. The topological polar surface area (TPSA) is 18.5 Å². The zero-order chi connectivity index (χ0) is 18.1. The minimum Gasteiger partial charge on any atom is -0.544 e. The van der Waals surface area contributed by atoms with Crippen molar-refractivity contribution in [1.82, 2.24) is 0 Å². The van der Waals surface area contributed by atoms with Crippen molar-refractivity contribution in [2.24, 2.45) is 0 Å². The van der Waals surface area contributed by atoms with Crippen LogP contribution >= 0.6 is 15.9 Å². The van der Waals surface area contributed by atoms with Crippen molar-refractivity contribution in [2.75, 3.05) is 6.61 Å². The molecule has 6 heteroatoms.